The van der Waals surface area contributed by atoms with Gasteiger partial charge in [-0.3, -0.25) is 4.79 Å². The van der Waals surface area contributed by atoms with E-state index >= 15 is 0 Å². The molecule has 4 aromatic rings. The van der Waals surface area contributed by atoms with Gasteiger partial charge in [-0.1, -0.05) is 6.07 Å². The molecule has 1 amide bonds. The van der Waals surface area contributed by atoms with Crippen molar-refractivity contribution >= 4 is 44.5 Å². The molecule has 0 aliphatic rings. The molecule has 0 aliphatic heterocycles. The highest BCUT2D eigenvalue weighted by molar-refractivity contribution is 7.21. The summed E-state index contributed by atoms with van der Waals surface area (Å²) in [5.41, 5.74) is 5.91. The molecule has 2 heterocycles. The number of aromatic nitrogens is 1. The lowest BCUT2D eigenvalue weighted by atomic mass is 10.1. The van der Waals surface area contributed by atoms with Crippen molar-refractivity contribution < 1.29 is 4.79 Å². The maximum atomic E-state index is 12.4. The third kappa shape index (κ3) is 3.16. The molecule has 2 aromatic heterocycles. The molecule has 0 aliphatic carbocycles. The average molecular weight is 379 g/mol. The van der Waals surface area contributed by atoms with Gasteiger partial charge in [0.25, 0.3) is 5.91 Å². The minimum atomic E-state index is -0.0601. The van der Waals surface area contributed by atoms with Crippen molar-refractivity contribution in [2.45, 2.75) is 20.8 Å². The van der Waals surface area contributed by atoms with Gasteiger partial charge in [-0.05, 0) is 68.3 Å². The van der Waals surface area contributed by atoms with Crippen LogP contribution < -0.4 is 5.32 Å². The molecular formula is C21H18N2OS2. The lowest BCUT2D eigenvalue weighted by Gasteiger charge is -2.06. The maximum Gasteiger partial charge on any atom is 0.256 e. The highest BCUT2D eigenvalue weighted by Gasteiger charge is 2.13. The van der Waals surface area contributed by atoms with Gasteiger partial charge in [0.15, 0.2) is 0 Å². The first kappa shape index (κ1) is 16.9. The number of carbonyl (C=O) groups is 1. The first-order valence-corrected chi connectivity index (χ1v) is 10.0. The fourth-order valence-corrected chi connectivity index (χ4v) is 4.72. The number of carbonyl (C=O) groups excluding carboxylic acids is 1. The summed E-state index contributed by atoms with van der Waals surface area (Å²) in [6.07, 6.45) is 0. The van der Waals surface area contributed by atoms with E-state index in [1.165, 1.54) is 15.1 Å². The Labute approximate surface area is 160 Å². The number of anilines is 1. The van der Waals surface area contributed by atoms with Crippen LogP contribution in [-0.2, 0) is 0 Å². The smallest absolute Gasteiger partial charge is 0.256 e. The molecule has 0 radical (unpaired) electrons. The van der Waals surface area contributed by atoms with Crippen molar-refractivity contribution in [3.05, 3.63) is 69.4 Å². The van der Waals surface area contributed by atoms with E-state index in [9.17, 15) is 4.79 Å². The lowest BCUT2D eigenvalue weighted by molar-refractivity contribution is 0.102. The summed E-state index contributed by atoms with van der Waals surface area (Å²) in [4.78, 5) is 18.3. The predicted molar refractivity (Wildman–Crippen MR) is 112 cm³/mol. The molecule has 0 spiro atoms. The van der Waals surface area contributed by atoms with Crippen molar-refractivity contribution in [3.8, 4) is 10.6 Å². The standard InChI is InChI=1S/C21H18N2OS2/c1-12-4-9-18-19(10-12)26-21(23-18)15-5-7-16(8-6-15)22-20(24)17-11-25-14(3)13(17)2/h4-11H,1-3H3,(H,22,24). The zero-order valence-corrected chi connectivity index (χ0v) is 16.4. The first-order chi connectivity index (χ1) is 12.5. The molecule has 0 atom stereocenters. The van der Waals surface area contributed by atoms with Gasteiger partial charge in [-0.15, -0.1) is 22.7 Å². The van der Waals surface area contributed by atoms with Gasteiger partial charge < -0.3 is 5.32 Å². The number of rotatable bonds is 3. The van der Waals surface area contributed by atoms with Gasteiger partial charge in [-0.25, -0.2) is 4.98 Å². The van der Waals surface area contributed by atoms with Crippen LogP contribution in [0.25, 0.3) is 20.8 Å². The third-order valence-corrected chi connectivity index (χ3v) is 6.54. The molecule has 0 bridgehead atoms. The van der Waals surface area contributed by atoms with Gasteiger partial charge in [0.1, 0.15) is 5.01 Å². The molecule has 3 nitrogen and oxygen atoms in total. The normalized spacial score (nSPS) is 11.0. The predicted octanol–water partition coefficient (Wildman–Crippen LogP) is 6.20. The molecule has 26 heavy (non-hydrogen) atoms. The van der Waals surface area contributed by atoms with Gasteiger partial charge in [0.05, 0.1) is 15.8 Å². The van der Waals surface area contributed by atoms with E-state index in [2.05, 4.69) is 30.4 Å². The first-order valence-electron chi connectivity index (χ1n) is 8.35. The van der Waals surface area contributed by atoms with Crippen LogP contribution in [0.4, 0.5) is 5.69 Å². The SMILES string of the molecule is Cc1ccc2nc(-c3ccc(NC(=O)c4csc(C)c4C)cc3)sc2c1. The van der Waals surface area contributed by atoms with E-state index in [0.29, 0.717) is 0 Å². The fourth-order valence-electron chi connectivity index (χ4n) is 2.79. The van der Waals surface area contributed by atoms with Crippen molar-refractivity contribution in [2.75, 3.05) is 5.32 Å². The summed E-state index contributed by atoms with van der Waals surface area (Å²) in [5.74, 6) is -0.0601. The number of hydrogen-bond acceptors (Lipinski definition) is 4. The Morgan fingerprint density at radius 3 is 2.50 bits per heavy atom. The summed E-state index contributed by atoms with van der Waals surface area (Å²) in [6, 6.07) is 14.2. The number of benzene rings is 2. The summed E-state index contributed by atoms with van der Waals surface area (Å²) < 4.78 is 1.20. The van der Waals surface area contributed by atoms with E-state index in [1.54, 1.807) is 22.7 Å². The number of thiazole rings is 1. The molecule has 0 saturated heterocycles. The lowest BCUT2D eigenvalue weighted by Crippen LogP contribution is -2.12. The van der Waals surface area contributed by atoms with Crippen molar-refractivity contribution in [3.63, 3.8) is 0 Å². The van der Waals surface area contributed by atoms with Gasteiger partial charge >= 0.3 is 0 Å². The quantitative estimate of drug-likeness (QED) is 0.461. The number of thiophene rings is 1. The monoisotopic (exact) mass is 378 g/mol. The highest BCUT2D eigenvalue weighted by Crippen LogP contribution is 2.31. The summed E-state index contributed by atoms with van der Waals surface area (Å²) >= 11 is 3.29. The van der Waals surface area contributed by atoms with Crippen LogP contribution >= 0.6 is 22.7 Å². The summed E-state index contributed by atoms with van der Waals surface area (Å²) in [6.45, 7) is 6.11. The van der Waals surface area contributed by atoms with E-state index in [4.69, 9.17) is 4.98 Å². The Bertz CT molecular complexity index is 1110. The number of fused-ring (bicyclic) bond motifs is 1. The molecule has 0 fully saturated rings. The second-order valence-electron chi connectivity index (χ2n) is 6.35. The van der Waals surface area contributed by atoms with Crippen LogP contribution in [0.2, 0.25) is 0 Å². The summed E-state index contributed by atoms with van der Waals surface area (Å²) in [5, 5.41) is 5.88. The average Bonchev–Trinajstić information content (AvgIpc) is 3.19. The molecule has 4 rings (SSSR count). The molecular weight excluding hydrogens is 360 g/mol. The fraction of sp³-hybridized carbons (Fsp3) is 0.143. The second-order valence-corrected chi connectivity index (χ2v) is 8.47. The number of nitrogens with zero attached hydrogens (tertiary/aromatic N) is 1. The highest BCUT2D eigenvalue weighted by atomic mass is 32.1. The van der Waals surface area contributed by atoms with E-state index in [1.807, 2.05) is 43.5 Å². The van der Waals surface area contributed by atoms with E-state index in [0.717, 1.165) is 32.9 Å². The van der Waals surface area contributed by atoms with Crippen LogP contribution in [-0.4, -0.2) is 10.9 Å². The number of amides is 1. The largest absolute Gasteiger partial charge is 0.322 e. The minimum absolute atomic E-state index is 0.0601. The van der Waals surface area contributed by atoms with Crippen LogP contribution in [0.1, 0.15) is 26.4 Å². The molecule has 5 heteroatoms. The van der Waals surface area contributed by atoms with Crippen LogP contribution in [0.5, 0.6) is 0 Å². The Morgan fingerprint density at radius 1 is 1.04 bits per heavy atom. The van der Waals surface area contributed by atoms with Crippen molar-refractivity contribution in [1.82, 2.24) is 4.98 Å². The van der Waals surface area contributed by atoms with Crippen molar-refractivity contribution in [2.24, 2.45) is 0 Å². The molecule has 0 unspecified atom stereocenters. The third-order valence-electron chi connectivity index (χ3n) is 4.46. The van der Waals surface area contributed by atoms with Gasteiger partial charge in [-0.2, -0.15) is 0 Å². The maximum absolute atomic E-state index is 12.4. The Morgan fingerprint density at radius 2 is 1.81 bits per heavy atom. The van der Waals surface area contributed by atoms with Gasteiger partial charge in [0, 0.05) is 21.5 Å². The van der Waals surface area contributed by atoms with Crippen molar-refractivity contribution in [1.29, 1.82) is 0 Å². The van der Waals surface area contributed by atoms with Crippen LogP contribution in [0.15, 0.2) is 47.8 Å². The summed E-state index contributed by atoms with van der Waals surface area (Å²) in [7, 11) is 0. The van der Waals surface area contributed by atoms with E-state index < -0.39 is 0 Å². The molecule has 0 saturated carbocycles. The Kier molecular flexibility index (Phi) is 4.34. The molecule has 2 aromatic carbocycles. The Hall–Kier alpha value is -2.50. The van der Waals surface area contributed by atoms with Crippen LogP contribution in [0, 0.1) is 20.8 Å². The second kappa shape index (κ2) is 6.67. The van der Waals surface area contributed by atoms with Gasteiger partial charge in [0.2, 0.25) is 0 Å². The number of aryl methyl sites for hydroxylation is 2. The molecule has 1 N–H and O–H groups in total. The van der Waals surface area contributed by atoms with E-state index in [-0.39, 0.29) is 5.91 Å². The topological polar surface area (TPSA) is 42.0 Å². The zero-order valence-electron chi connectivity index (χ0n) is 14.8. The zero-order chi connectivity index (χ0) is 18.3. The molecule has 130 valence electrons. The minimum Gasteiger partial charge on any atom is -0.322 e. The number of nitrogens with one attached hydrogen (secondary N) is 1. The number of hydrogen-bond donors (Lipinski definition) is 1. The Balaban J connectivity index is 1.56. The van der Waals surface area contributed by atoms with Crippen LogP contribution in [0.3, 0.4) is 0 Å².